The average molecular weight is 465 g/mol. The number of nitrogens with one attached hydrogen (secondary N) is 1. The van der Waals surface area contributed by atoms with Crippen molar-refractivity contribution in [3.8, 4) is 11.5 Å². The van der Waals surface area contributed by atoms with Crippen LogP contribution in [0.5, 0.6) is 11.5 Å². The molecule has 2 aromatic rings. The van der Waals surface area contributed by atoms with E-state index in [1.807, 2.05) is 6.92 Å². The minimum absolute atomic E-state index is 0.0100. The first-order chi connectivity index (χ1) is 15.2. The molecule has 1 fully saturated rings. The normalized spacial score (nSPS) is 15.3. The number of unbranched alkanes of at least 4 members (excludes halogenated alkanes) is 1. The number of rotatable bonds is 8. The molecule has 5 nitrogen and oxygen atoms in total. The van der Waals surface area contributed by atoms with Gasteiger partial charge in [-0.15, -0.1) is 0 Å². The zero-order valence-electron chi connectivity index (χ0n) is 17.7. The summed E-state index contributed by atoms with van der Waals surface area (Å²) in [6.45, 7) is 2.58. The summed E-state index contributed by atoms with van der Waals surface area (Å²) in [4.78, 5) is 14.2. The summed E-state index contributed by atoms with van der Waals surface area (Å²) in [6.07, 6.45) is -0.983. The van der Waals surface area contributed by atoms with Gasteiger partial charge in [-0.1, -0.05) is 25.5 Å². The van der Waals surface area contributed by atoms with Crippen LogP contribution in [0.15, 0.2) is 48.2 Å². The second-order valence-electron chi connectivity index (χ2n) is 7.18. The van der Waals surface area contributed by atoms with Crippen LogP contribution in [0.2, 0.25) is 0 Å². The number of nitrogens with zero attached hydrogens (tertiary/aromatic N) is 1. The van der Waals surface area contributed by atoms with Gasteiger partial charge in [0.2, 0.25) is 0 Å². The van der Waals surface area contributed by atoms with Gasteiger partial charge >= 0.3 is 6.18 Å². The number of ether oxygens (including phenoxy) is 2. The van der Waals surface area contributed by atoms with Crippen LogP contribution < -0.4 is 14.8 Å². The highest BCUT2D eigenvalue weighted by Crippen LogP contribution is 2.32. The van der Waals surface area contributed by atoms with E-state index in [4.69, 9.17) is 21.7 Å². The molecule has 1 heterocycles. The number of hydrogen-bond acceptors (Lipinski definition) is 4. The number of carbonyl (C=O) groups excluding carboxylic acids is 1. The van der Waals surface area contributed by atoms with E-state index in [1.54, 1.807) is 24.3 Å². The minimum Gasteiger partial charge on any atom is -0.496 e. The Kier molecular flexibility index (Phi) is 7.40. The third kappa shape index (κ3) is 5.59. The monoisotopic (exact) mass is 464 g/mol. The topological polar surface area (TPSA) is 50.8 Å². The SMILES string of the molecule is CCCCN1C(=O)/C(=C\c2ccc(OC)c(COc3cccc(C(F)(F)F)c3)c2)NC1=S. The van der Waals surface area contributed by atoms with Crippen molar-refractivity contribution in [2.24, 2.45) is 0 Å². The van der Waals surface area contributed by atoms with Gasteiger partial charge in [-0.05, 0) is 60.6 Å². The Morgan fingerprint density at radius 1 is 1.19 bits per heavy atom. The molecule has 0 spiro atoms. The molecule has 1 amide bonds. The highest BCUT2D eigenvalue weighted by atomic mass is 32.1. The summed E-state index contributed by atoms with van der Waals surface area (Å²) in [5, 5.41) is 3.31. The molecule has 0 atom stereocenters. The maximum absolute atomic E-state index is 12.9. The van der Waals surface area contributed by atoms with Crippen molar-refractivity contribution < 1.29 is 27.4 Å². The van der Waals surface area contributed by atoms with Gasteiger partial charge in [-0.25, -0.2) is 0 Å². The second-order valence-corrected chi connectivity index (χ2v) is 7.57. The minimum atomic E-state index is -4.45. The predicted molar refractivity (Wildman–Crippen MR) is 119 cm³/mol. The van der Waals surface area contributed by atoms with Crippen LogP contribution >= 0.6 is 12.2 Å². The third-order valence-corrected chi connectivity index (χ3v) is 5.19. The van der Waals surface area contributed by atoms with Crippen LogP contribution in [-0.4, -0.2) is 29.6 Å². The predicted octanol–water partition coefficient (Wildman–Crippen LogP) is 5.15. The molecule has 9 heteroatoms. The molecule has 3 rings (SSSR count). The molecule has 0 bridgehead atoms. The van der Waals surface area contributed by atoms with Gasteiger partial charge in [-0.3, -0.25) is 9.69 Å². The van der Waals surface area contributed by atoms with Crippen LogP contribution in [0.4, 0.5) is 13.2 Å². The Morgan fingerprint density at radius 3 is 2.66 bits per heavy atom. The van der Waals surface area contributed by atoms with Gasteiger partial charge in [0.15, 0.2) is 5.11 Å². The molecule has 32 heavy (non-hydrogen) atoms. The third-order valence-electron chi connectivity index (χ3n) is 4.87. The highest BCUT2D eigenvalue weighted by Gasteiger charge is 2.31. The second kappa shape index (κ2) is 10.0. The number of amides is 1. The van der Waals surface area contributed by atoms with E-state index >= 15 is 0 Å². The number of hydrogen-bond donors (Lipinski definition) is 1. The number of halogens is 3. The first kappa shape index (κ1) is 23.6. The van der Waals surface area contributed by atoms with Crippen molar-refractivity contribution in [2.75, 3.05) is 13.7 Å². The van der Waals surface area contributed by atoms with Crippen molar-refractivity contribution in [3.05, 3.63) is 64.9 Å². The van der Waals surface area contributed by atoms with Crippen LogP contribution in [0.1, 0.15) is 36.5 Å². The standard InChI is InChI=1S/C23H23F3N2O3S/c1-3-4-10-28-21(29)19(27-22(28)32)12-15-8-9-20(30-2)16(11-15)14-31-18-7-5-6-17(13-18)23(24,25)26/h5-9,11-13H,3-4,10,14H2,1-2H3,(H,27,32)/b19-12+. The van der Waals surface area contributed by atoms with Crippen molar-refractivity contribution in [2.45, 2.75) is 32.5 Å². The van der Waals surface area contributed by atoms with E-state index < -0.39 is 11.7 Å². The van der Waals surface area contributed by atoms with Crippen LogP contribution in [0, 0.1) is 0 Å². The molecule has 1 saturated heterocycles. The summed E-state index contributed by atoms with van der Waals surface area (Å²) in [7, 11) is 1.49. The lowest BCUT2D eigenvalue weighted by Crippen LogP contribution is -2.31. The summed E-state index contributed by atoms with van der Waals surface area (Å²) >= 11 is 5.25. The summed E-state index contributed by atoms with van der Waals surface area (Å²) in [5.74, 6) is 0.418. The zero-order valence-corrected chi connectivity index (χ0v) is 18.5. The Morgan fingerprint density at radius 2 is 1.97 bits per heavy atom. The average Bonchev–Trinajstić information content (AvgIpc) is 3.02. The van der Waals surface area contributed by atoms with Gasteiger partial charge in [0.05, 0.1) is 12.7 Å². The molecule has 0 aromatic heterocycles. The van der Waals surface area contributed by atoms with Crippen LogP contribution in [-0.2, 0) is 17.6 Å². The molecule has 1 aliphatic heterocycles. The molecular formula is C23H23F3N2O3S. The van der Waals surface area contributed by atoms with Gasteiger partial charge < -0.3 is 14.8 Å². The Balaban J connectivity index is 1.79. The maximum Gasteiger partial charge on any atom is 0.416 e. The first-order valence-electron chi connectivity index (χ1n) is 10.0. The lowest BCUT2D eigenvalue weighted by molar-refractivity contribution is -0.137. The largest absolute Gasteiger partial charge is 0.496 e. The summed E-state index contributed by atoms with van der Waals surface area (Å²) < 4.78 is 49.7. The van der Waals surface area contributed by atoms with Gasteiger partial charge in [0, 0.05) is 12.1 Å². The van der Waals surface area contributed by atoms with E-state index in [0.29, 0.717) is 34.2 Å². The van der Waals surface area contributed by atoms with E-state index in [-0.39, 0.29) is 18.3 Å². The first-order valence-corrected chi connectivity index (χ1v) is 10.4. The van der Waals surface area contributed by atoms with Gasteiger partial charge in [0.25, 0.3) is 5.91 Å². The molecule has 1 N–H and O–H groups in total. The fraction of sp³-hybridized carbons (Fsp3) is 0.304. The van der Waals surface area contributed by atoms with Crippen LogP contribution in [0.3, 0.4) is 0 Å². The zero-order chi connectivity index (χ0) is 23.3. The lowest BCUT2D eigenvalue weighted by Gasteiger charge is -2.13. The smallest absolute Gasteiger partial charge is 0.416 e. The number of carbonyl (C=O) groups is 1. The molecule has 0 saturated carbocycles. The van der Waals surface area contributed by atoms with Crippen molar-refractivity contribution >= 4 is 29.3 Å². The Hall–Kier alpha value is -3.07. The number of methoxy groups -OCH3 is 1. The quantitative estimate of drug-likeness (QED) is 0.433. The van der Waals surface area contributed by atoms with Gasteiger partial charge in [0.1, 0.15) is 23.8 Å². The number of alkyl halides is 3. The number of thiocarbonyl (C=S) groups is 1. The summed E-state index contributed by atoms with van der Waals surface area (Å²) in [5.41, 5.74) is 0.899. The molecule has 1 aliphatic rings. The molecule has 0 aliphatic carbocycles. The Labute approximate surface area is 189 Å². The fourth-order valence-corrected chi connectivity index (χ4v) is 3.47. The molecule has 2 aromatic carbocycles. The Bertz CT molecular complexity index is 1040. The molecular weight excluding hydrogens is 441 g/mol. The van der Waals surface area contributed by atoms with Crippen molar-refractivity contribution in [1.29, 1.82) is 0 Å². The van der Waals surface area contributed by atoms with E-state index in [2.05, 4.69) is 5.32 Å². The van der Waals surface area contributed by atoms with E-state index in [0.717, 1.165) is 25.0 Å². The van der Waals surface area contributed by atoms with Crippen LogP contribution in [0.25, 0.3) is 6.08 Å². The van der Waals surface area contributed by atoms with E-state index in [1.165, 1.54) is 24.1 Å². The van der Waals surface area contributed by atoms with Crippen molar-refractivity contribution in [3.63, 3.8) is 0 Å². The summed E-state index contributed by atoms with van der Waals surface area (Å²) in [6, 6.07) is 9.93. The molecule has 0 unspecified atom stereocenters. The number of benzene rings is 2. The maximum atomic E-state index is 12.9. The fourth-order valence-electron chi connectivity index (χ4n) is 3.18. The van der Waals surface area contributed by atoms with Gasteiger partial charge in [-0.2, -0.15) is 13.2 Å². The molecule has 170 valence electrons. The highest BCUT2D eigenvalue weighted by molar-refractivity contribution is 7.80. The molecule has 0 radical (unpaired) electrons. The van der Waals surface area contributed by atoms with Crippen molar-refractivity contribution in [1.82, 2.24) is 10.2 Å². The van der Waals surface area contributed by atoms with E-state index in [9.17, 15) is 18.0 Å². The lowest BCUT2D eigenvalue weighted by atomic mass is 10.1.